The van der Waals surface area contributed by atoms with Crippen molar-refractivity contribution in [1.29, 1.82) is 0 Å². The summed E-state index contributed by atoms with van der Waals surface area (Å²) in [6.07, 6.45) is 5.26. The molecule has 106 valence electrons. The van der Waals surface area contributed by atoms with Crippen LogP contribution in [0, 0.1) is 5.82 Å². The van der Waals surface area contributed by atoms with Gasteiger partial charge in [-0.1, -0.05) is 0 Å². The van der Waals surface area contributed by atoms with Crippen molar-refractivity contribution in [2.24, 2.45) is 0 Å². The summed E-state index contributed by atoms with van der Waals surface area (Å²) in [5.41, 5.74) is 0.881. The Morgan fingerprint density at radius 2 is 2.35 bits per heavy atom. The molecule has 0 unspecified atom stereocenters. The molecule has 0 aromatic carbocycles. The smallest absolute Gasteiger partial charge is 0.141 e. The Hall–Kier alpha value is -1.88. The summed E-state index contributed by atoms with van der Waals surface area (Å²) < 4.78 is 18.8. The number of halogens is 1. The highest BCUT2D eigenvalue weighted by molar-refractivity contribution is 5.49. The first kappa shape index (κ1) is 13.1. The van der Waals surface area contributed by atoms with E-state index in [2.05, 4.69) is 15.2 Å². The Morgan fingerprint density at radius 1 is 1.50 bits per heavy atom. The fourth-order valence-electron chi connectivity index (χ4n) is 2.39. The number of nitrogens with zero attached hydrogens (tertiary/aromatic N) is 2. The highest BCUT2D eigenvalue weighted by Gasteiger charge is 2.31. The third kappa shape index (κ3) is 2.82. The summed E-state index contributed by atoms with van der Waals surface area (Å²) in [7, 11) is 1.85. The summed E-state index contributed by atoms with van der Waals surface area (Å²) in [6.45, 7) is 1.27. The van der Waals surface area contributed by atoms with Crippen molar-refractivity contribution < 1.29 is 8.81 Å². The lowest BCUT2D eigenvalue weighted by Gasteiger charge is -2.25. The van der Waals surface area contributed by atoms with E-state index in [1.165, 1.54) is 6.20 Å². The molecule has 0 aliphatic heterocycles. The SMILES string of the molecule is CNCc1cc(F)cnc1N(Cc1ccco1)C1CC1. The van der Waals surface area contributed by atoms with Crippen LogP contribution in [0.1, 0.15) is 24.2 Å². The van der Waals surface area contributed by atoms with Crippen molar-refractivity contribution in [3.8, 4) is 0 Å². The Morgan fingerprint density at radius 3 is 3.00 bits per heavy atom. The molecule has 0 atom stereocenters. The van der Waals surface area contributed by atoms with Gasteiger partial charge in [-0.05, 0) is 38.1 Å². The van der Waals surface area contributed by atoms with Crippen molar-refractivity contribution in [2.45, 2.75) is 32.0 Å². The van der Waals surface area contributed by atoms with E-state index in [-0.39, 0.29) is 5.82 Å². The van der Waals surface area contributed by atoms with Gasteiger partial charge in [-0.2, -0.15) is 0 Å². The Balaban J connectivity index is 1.90. The van der Waals surface area contributed by atoms with Crippen molar-refractivity contribution in [3.05, 3.63) is 47.8 Å². The molecule has 3 rings (SSSR count). The average molecular weight is 275 g/mol. The second-order valence-corrected chi connectivity index (χ2v) is 5.11. The van der Waals surface area contributed by atoms with Gasteiger partial charge in [0.25, 0.3) is 0 Å². The molecule has 1 N–H and O–H groups in total. The first-order chi connectivity index (χ1) is 9.78. The van der Waals surface area contributed by atoms with Gasteiger partial charge in [-0.15, -0.1) is 0 Å². The maximum absolute atomic E-state index is 13.4. The van der Waals surface area contributed by atoms with Gasteiger partial charge in [0.15, 0.2) is 0 Å². The minimum absolute atomic E-state index is 0.298. The molecule has 2 aromatic rings. The van der Waals surface area contributed by atoms with E-state index < -0.39 is 0 Å². The van der Waals surface area contributed by atoms with Crippen LogP contribution < -0.4 is 10.2 Å². The Labute approximate surface area is 117 Å². The fraction of sp³-hybridized carbons (Fsp3) is 0.400. The van der Waals surface area contributed by atoms with Gasteiger partial charge in [0.05, 0.1) is 19.0 Å². The predicted molar refractivity (Wildman–Crippen MR) is 74.9 cm³/mol. The number of nitrogens with one attached hydrogen (secondary N) is 1. The lowest BCUT2D eigenvalue weighted by atomic mass is 10.2. The zero-order valence-corrected chi connectivity index (χ0v) is 11.5. The standard InChI is InChI=1S/C15H18FN3O/c1-17-8-11-7-12(16)9-18-15(11)19(13-4-5-13)10-14-3-2-6-20-14/h2-3,6-7,9,13,17H,4-5,8,10H2,1H3. The molecule has 0 saturated heterocycles. The van der Waals surface area contributed by atoms with Crippen molar-refractivity contribution in [3.63, 3.8) is 0 Å². The summed E-state index contributed by atoms with van der Waals surface area (Å²) in [4.78, 5) is 6.52. The van der Waals surface area contributed by atoms with Crippen LogP contribution in [0.25, 0.3) is 0 Å². The minimum Gasteiger partial charge on any atom is -0.467 e. The van der Waals surface area contributed by atoms with Gasteiger partial charge in [0.1, 0.15) is 17.4 Å². The number of pyridine rings is 1. The molecule has 1 aliphatic rings. The third-order valence-corrected chi connectivity index (χ3v) is 3.44. The van der Waals surface area contributed by atoms with E-state index >= 15 is 0 Å². The highest BCUT2D eigenvalue weighted by atomic mass is 19.1. The van der Waals surface area contributed by atoms with Crippen molar-refractivity contribution >= 4 is 5.82 Å². The molecule has 2 heterocycles. The molecule has 2 aromatic heterocycles. The maximum atomic E-state index is 13.4. The van der Waals surface area contributed by atoms with Gasteiger partial charge < -0.3 is 14.6 Å². The van der Waals surface area contributed by atoms with Crippen LogP contribution >= 0.6 is 0 Å². The largest absolute Gasteiger partial charge is 0.467 e. The normalized spacial score (nSPS) is 14.5. The second kappa shape index (κ2) is 5.63. The molecular weight excluding hydrogens is 257 g/mol. The first-order valence-corrected chi connectivity index (χ1v) is 6.86. The predicted octanol–water partition coefficient (Wildman–Crippen LogP) is 2.70. The van der Waals surface area contributed by atoms with E-state index in [0.29, 0.717) is 19.1 Å². The molecule has 5 heteroatoms. The number of furan rings is 1. The van der Waals surface area contributed by atoms with E-state index in [1.54, 1.807) is 12.3 Å². The van der Waals surface area contributed by atoms with Gasteiger partial charge in [0.2, 0.25) is 0 Å². The summed E-state index contributed by atoms with van der Waals surface area (Å²) >= 11 is 0. The molecule has 0 amide bonds. The molecule has 20 heavy (non-hydrogen) atoms. The number of anilines is 1. The fourth-order valence-corrected chi connectivity index (χ4v) is 2.39. The zero-order valence-electron chi connectivity index (χ0n) is 11.5. The minimum atomic E-state index is -0.298. The molecule has 1 saturated carbocycles. The van der Waals surface area contributed by atoms with Crippen LogP contribution in [0.5, 0.6) is 0 Å². The summed E-state index contributed by atoms with van der Waals surface area (Å²) in [6, 6.07) is 5.87. The number of rotatable bonds is 6. The lowest BCUT2D eigenvalue weighted by molar-refractivity contribution is 0.499. The Bertz CT molecular complexity index is 567. The molecule has 0 bridgehead atoms. The highest BCUT2D eigenvalue weighted by Crippen LogP contribution is 2.34. The van der Waals surface area contributed by atoms with E-state index in [4.69, 9.17) is 4.42 Å². The summed E-state index contributed by atoms with van der Waals surface area (Å²) in [5, 5.41) is 3.07. The molecule has 0 radical (unpaired) electrons. The summed E-state index contributed by atoms with van der Waals surface area (Å²) in [5.74, 6) is 1.45. The molecule has 1 fully saturated rings. The monoisotopic (exact) mass is 275 g/mol. The topological polar surface area (TPSA) is 41.3 Å². The first-order valence-electron chi connectivity index (χ1n) is 6.86. The van der Waals surface area contributed by atoms with Crippen molar-refractivity contribution in [1.82, 2.24) is 10.3 Å². The van der Waals surface area contributed by atoms with Crippen LogP contribution in [0.3, 0.4) is 0 Å². The Kier molecular flexibility index (Phi) is 3.69. The number of aromatic nitrogens is 1. The second-order valence-electron chi connectivity index (χ2n) is 5.11. The van der Waals surface area contributed by atoms with Gasteiger partial charge in [0, 0.05) is 18.2 Å². The van der Waals surface area contributed by atoms with Gasteiger partial charge in [-0.3, -0.25) is 0 Å². The quantitative estimate of drug-likeness (QED) is 0.880. The molecule has 4 nitrogen and oxygen atoms in total. The van der Waals surface area contributed by atoms with Crippen LogP contribution in [-0.2, 0) is 13.1 Å². The molecular formula is C15H18FN3O. The van der Waals surface area contributed by atoms with Gasteiger partial charge >= 0.3 is 0 Å². The van der Waals surface area contributed by atoms with E-state index in [1.807, 2.05) is 19.2 Å². The van der Waals surface area contributed by atoms with Crippen LogP contribution in [0.2, 0.25) is 0 Å². The zero-order chi connectivity index (χ0) is 13.9. The van der Waals surface area contributed by atoms with E-state index in [0.717, 1.165) is 30.0 Å². The van der Waals surface area contributed by atoms with E-state index in [9.17, 15) is 4.39 Å². The number of hydrogen-bond acceptors (Lipinski definition) is 4. The van der Waals surface area contributed by atoms with Crippen LogP contribution in [0.15, 0.2) is 35.1 Å². The molecule has 0 spiro atoms. The lowest BCUT2D eigenvalue weighted by Crippen LogP contribution is -2.28. The number of hydrogen-bond donors (Lipinski definition) is 1. The van der Waals surface area contributed by atoms with Gasteiger partial charge in [-0.25, -0.2) is 9.37 Å². The third-order valence-electron chi connectivity index (χ3n) is 3.44. The maximum Gasteiger partial charge on any atom is 0.141 e. The molecule has 1 aliphatic carbocycles. The van der Waals surface area contributed by atoms with Crippen molar-refractivity contribution in [2.75, 3.05) is 11.9 Å². The average Bonchev–Trinajstić information content (AvgIpc) is 3.15. The van der Waals surface area contributed by atoms with Crippen LogP contribution in [0.4, 0.5) is 10.2 Å². The van der Waals surface area contributed by atoms with Crippen LogP contribution in [-0.4, -0.2) is 18.1 Å².